The van der Waals surface area contributed by atoms with Crippen molar-refractivity contribution in [2.45, 2.75) is 52.5 Å². The van der Waals surface area contributed by atoms with Crippen LogP contribution in [0.5, 0.6) is 0 Å². The third kappa shape index (κ3) is 5.80. The van der Waals surface area contributed by atoms with Crippen LogP contribution in [-0.2, 0) is 0 Å². The van der Waals surface area contributed by atoms with Crippen LogP contribution in [0.1, 0.15) is 56.8 Å². The van der Waals surface area contributed by atoms with E-state index in [1.165, 1.54) is 19.3 Å². The highest BCUT2D eigenvalue weighted by Crippen LogP contribution is 2.37. The lowest BCUT2D eigenvalue weighted by atomic mass is 9.70. The Morgan fingerprint density at radius 2 is 1.90 bits per heavy atom. The Labute approximate surface area is 135 Å². The van der Waals surface area contributed by atoms with Gasteiger partial charge < -0.3 is 17.7 Å². The number of rotatable bonds is 5. The zero-order valence-corrected chi connectivity index (χ0v) is 14.2. The molecular formula is C18H28ClNO. The molecule has 0 heterocycles. The molecule has 1 aliphatic carbocycles. The third-order valence-electron chi connectivity index (χ3n) is 4.39. The van der Waals surface area contributed by atoms with Gasteiger partial charge in [-0.15, -0.1) is 0 Å². The van der Waals surface area contributed by atoms with Crippen LogP contribution in [0.3, 0.4) is 0 Å². The SMILES string of the molecule is CC1CC([NH2+]CCC(=O)c2ccccc2)CC(C)(C)C1.[Cl-]. The van der Waals surface area contributed by atoms with Gasteiger partial charge in [-0.3, -0.25) is 4.79 Å². The molecule has 2 nitrogen and oxygen atoms in total. The number of benzene rings is 1. The van der Waals surface area contributed by atoms with Gasteiger partial charge in [0.15, 0.2) is 5.78 Å². The minimum atomic E-state index is 0. The number of ketones is 1. The summed E-state index contributed by atoms with van der Waals surface area (Å²) in [5.74, 6) is 1.08. The number of Topliss-reactive ketones (excluding diaryl/α,β-unsaturated/α-hetero) is 1. The van der Waals surface area contributed by atoms with E-state index in [-0.39, 0.29) is 18.2 Å². The molecule has 3 heteroatoms. The van der Waals surface area contributed by atoms with Gasteiger partial charge >= 0.3 is 0 Å². The van der Waals surface area contributed by atoms with Crippen LogP contribution < -0.4 is 17.7 Å². The maximum atomic E-state index is 12.1. The van der Waals surface area contributed by atoms with E-state index in [9.17, 15) is 4.79 Å². The first kappa shape index (κ1) is 18.2. The van der Waals surface area contributed by atoms with Crippen molar-refractivity contribution in [3.8, 4) is 0 Å². The molecule has 2 rings (SSSR count). The first-order chi connectivity index (χ1) is 9.46. The third-order valence-corrected chi connectivity index (χ3v) is 4.39. The van der Waals surface area contributed by atoms with E-state index in [1.54, 1.807) is 0 Å². The summed E-state index contributed by atoms with van der Waals surface area (Å²) in [4.78, 5) is 12.1. The van der Waals surface area contributed by atoms with Crippen molar-refractivity contribution >= 4 is 5.78 Å². The molecule has 1 aromatic rings. The van der Waals surface area contributed by atoms with Crippen LogP contribution in [0.4, 0.5) is 0 Å². The van der Waals surface area contributed by atoms with E-state index in [4.69, 9.17) is 0 Å². The maximum Gasteiger partial charge on any atom is 0.168 e. The second kappa shape index (κ2) is 7.95. The fraction of sp³-hybridized carbons (Fsp3) is 0.611. The molecule has 1 saturated carbocycles. The van der Waals surface area contributed by atoms with Crippen molar-refractivity contribution in [2.75, 3.05) is 6.54 Å². The molecule has 21 heavy (non-hydrogen) atoms. The predicted molar refractivity (Wildman–Crippen MR) is 82.8 cm³/mol. The summed E-state index contributed by atoms with van der Waals surface area (Å²) in [6.45, 7) is 8.02. The summed E-state index contributed by atoms with van der Waals surface area (Å²) >= 11 is 0. The number of hydrogen-bond acceptors (Lipinski definition) is 1. The van der Waals surface area contributed by atoms with Crippen LogP contribution in [-0.4, -0.2) is 18.4 Å². The van der Waals surface area contributed by atoms with E-state index >= 15 is 0 Å². The first-order valence-electron chi connectivity index (χ1n) is 7.88. The minimum absolute atomic E-state index is 0. The summed E-state index contributed by atoms with van der Waals surface area (Å²) in [5, 5.41) is 2.40. The zero-order valence-electron chi connectivity index (χ0n) is 13.4. The van der Waals surface area contributed by atoms with Gasteiger partial charge in [-0.05, 0) is 17.8 Å². The van der Waals surface area contributed by atoms with E-state index in [1.807, 2.05) is 30.3 Å². The lowest BCUT2D eigenvalue weighted by molar-refractivity contribution is -0.693. The summed E-state index contributed by atoms with van der Waals surface area (Å²) < 4.78 is 0. The van der Waals surface area contributed by atoms with Gasteiger partial charge in [0.05, 0.1) is 19.0 Å². The van der Waals surface area contributed by atoms with E-state index < -0.39 is 0 Å². The quantitative estimate of drug-likeness (QED) is 0.766. The van der Waals surface area contributed by atoms with Gasteiger partial charge in [0, 0.05) is 18.4 Å². The van der Waals surface area contributed by atoms with Gasteiger partial charge in [0.2, 0.25) is 0 Å². The maximum absolute atomic E-state index is 12.1. The molecule has 0 amide bonds. The second-order valence-corrected chi connectivity index (χ2v) is 7.24. The summed E-state index contributed by atoms with van der Waals surface area (Å²) in [6.07, 6.45) is 4.55. The highest BCUT2D eigenvalue weighted by molar-refractivity contribution is 5.95. The highest BCUT2D eigenvalue weighted by atomic mass is 35.5. The largest absolute Gasteiger partial charge is 1.00 e. The Kier molecular flexibility index (Phi) is 6.89. The molecule has 0 spiro atoms. The molecule has 0 aromatic heterocycles. The van der Waals surface area contributed by atoms with Gasteiger partial charge in [-0.1, -0.05) is 51.1 Å². The molecule has 2 atom stereocenters. The topological polar surface area (TPSA) is 33.7 Å². The smallest absolute Gasteiger partial charge is 0.168 e. The minimum Gasteiger partial charge on any atom is -1.00 e. The summed E-state index contributed by atoms with van der Waals surface area (Å²) in [7, 11) is 0. The van der Waals surface area contributed by atoms with Gasteiger partial charge in [-0.25, -0.2) is 0 Å². The molecule has 0 saturated heterocycles. The second-order valence-electron chi connectivity index (χ2n) is 7.24. The van der Waals surface area contributed by atoms with Crippen molar-refractivity contribution in [1.29, 1.82) is 0 Å². The van der Waals surface area contributed by atoms with E-state index in [2.05, 4.69) is 26.1 Å². The normalized spacial score (nSPS) is 24.1. The molecule has 1 aliphatic rings. The summed E-state index contributed by atoms with van der Waals surface area (Å²) in [5.41, 5.74) is 1.31. The Morgan fingerprint density at radius 3 is 2.52 bits per heavy atom. The van der Waals surface area contributed by atoms with Crippen molar-refractivity contribution in [3.05, 3.63) is 35.9 Å². The molecular weight excluding hydrogens is 282 g/mol. The number of nitrogens with two attached hydrogens (primary N) is 1. The molecule has 2 N–H and O–H groups in total. The summed E-state index contributed by atoms with van der Waals surface area (Å²) in [6, 6.07) is 10.3. The van der Waals surface area contributed by atoms with Gasteiger partial charge in [-0.2, -0.15) is 0 Å². The Balaban J connectivity index is 0.00000220. The molecule has 2 unspecified atom stereocenters. The standard InChI is InChI=1S/C18H27NO.ClH/c1-14-11-16(13-18(2,3)12-14)19-10-9-17(20)15-7-5-4-6-8-15;/h4-8,14,16,19H,9-13H2,1-3H3;1H. The predicted octanol–water partition coefficient (Wildman–Crippen LogP) is 0.0416. The van der Waals surface area contributed by atoms with Crippen molar-refractivity contribution < 1.29 is 22.5 Å². The van der Waals surface area contributed by atoms with Crippen molar-refractivity contribution in [2.24, 2.45) is 11.3 Å². The lowest BCUT2D eigenvalue weighted by Gasteiger charge is -2.37. The van der Waals surface area contributed by atoms with E-state index in [0.29, 0.717) is 17.9 Å². The molecule has 0 radical (unpaired) electrons. The van der Waals surface area contributed by atoms with Crippen LogP contribution in [0.2, 0.25) is 0 Å². The van der Waals surface area contributed by atoms with Crippen LogP contribution >= 0.6 is 0 Å². The Morgan fingerprint density at radius 1 is 1.24 bits per heavy atom. The molecule has 118 valence electrons. The van der Waals surface area contributed by atoms with E-state index in [0.717, 1.165) is 18.0 Å². The van der Waals surface area contributed by atoms with Crippen LogP contribution in [0.25, 0.3) is 0 Å². The number of carbonyl (C=O) groups excluding carboxylic acids is 1. The fourth-order valence-corrected chi connectivity index (χ4v) is 3.82. The first-order valence-corrected chi connectivity index (χ1v) is 7.88. The molecule has 0 bridgehead atoms. The number of carbonyl (C=O) groups is 1. The molecule has 1 fully saturated rings. The van der Waals surface area contributed by atoms with Crippen molar-refractivity contribution in [1.82, 2.24) is 0 Å². The van der Waals surface area contributed by atoms with Crippen LogP contribution in [0.15, 0.2) is 30.3 Å². The Hall–Kier alpha value is -0.860. The number of halogens is 1. The number of quaternary nitrogens is 1. The number of hydrogen-bond donors (Lipinski definition) is 1. The lowest BCUT2D eigenvalue weighted by Crippen LogP contribution is -3.00. The fourth-order valence-electron chi connectivity index (χ4n) is 3.82. The highest BCUT2D eigenvalue weighted by Gasteiger charge is 2.33. The average Bonchev–Trinajstić information content (AvgIpc) is 2.37. The monoisotopic (exact) mass is 309 g/mol. The van der Waals surface area contributed by atoms with Crippen molar-refractivity contribution in [3.63, 3.8) is 0 Å². The average molecular weight is 310 g/mol. The molecule has 0 aliphatic heterocycles. The Bertz CT molecular complexity index is 444. The zero-order chi connectivity index (χ0) is 14.6. The molecule has 1 aromatic carbocycles. The van der Waals surface area contributed by atoms with Gasteiger partial charge in [0.1, 0.15) is 0 Å². The van der Waals surface area contributed by atoms with Gasteiger partial charge in [0.25, 0.3) is 0 Å². The van der Waals surface area contributed by atoms with Crippen LogP contribution in [0, 0.1) is 11.3 Å².